The first-order valence-corrected chi connectivity index (χ1v) is 6.59. The second kappa shape index (κ2) is 5.01. The van der Waals surface area contributed by atoms with Gasteiger partial charge in [-0.25, -0.2) is 0 Å². The molecule has 1 aliphatic rings. The van der Waals surface area contributed by atoms with E-state index in [4.69, 9.17) is 16.1 Å². The van der Waals surface area contributed by atoms with E-state index in [9.17, 15) is 4.79 Å². The van der Waals surface area contributed by atoms with Crippen LogP contribution in [0.2, 0.25) is 0 Å². The van der Waals surface area contributed by atoms with Gasteiger partial charge in [-0.2, -0.15) is 4.98 Å². The van der Waals surface area contributed by atoms with E-state index in [2.05, 4.69) is 15.5 Å². The fourth-order valence-electron chi connectivity index (χ4n) is 1.72. The van der Waals surface area contributed by atoms with Crippen molar-refractivity contribution in [2.45, 2.75) is 24.8 Å². The van der Waals surface area contributed by atoms with E-state index in [0.29, 0.717) is 23.3 Å². The lowest BCUT2D eigenvalue weighted by atomic mass is 10.1. The summed E-state index contributed by atoms with van der Waals surface area (Å²) in [6.07, 6.45) is 2.13. The molecule has 0 saturated heterocycles. The maximum Gasteiger partial charge on any atom is 0.251 e. The molecule has 98 valence electrons. The van der Waals surface area contributed by atoms with Crippen molar-refractivity contribution in [1.82, 2.24) is 15.5 Å². The lowest BCUT2D eigenvalue weighted by Crippen LogP contribution is -2.25. The number of amides is 1. The van der Waals surface area contributed by atoms with Crippen molar-refractivity contribution in [1.29, 1.82) is 0 Å². The molecule has 1 saturated carbocycles. The van der Waals surface area contributed by atoms with E-state index >= 15 is 0 Å². The topological polar surface area (TPSA) is 68.0 Å². The van der Waals surface area contributed by atoms with Crippen molar-refractivity contribution in [3.63, 3.8) is 0 Å². The standard InChI is InChI=1S/C13H12ClN3O2/c14-7-11-16-12(17-19-11)8-2-1-3-9(6-8)13(18)15-10-4-5-10/h1-3,6,10H,4-5,7H2,(H,15,18). The Bertz CT molecular complexity index is 607. The van der Waals surface area contributed by atoms with Gasteiger partial charge < -0.3 is 9.84 Å². The van der Waals surface area contributed by atoms with Gasteiger partial charge in [-0.1, -0.05) is 17.3 Å². The number of carbonyl (C=O) groups is 1. The monoisotopic (exact) mass is 277 g/mol. The van der Waals surface area contributed by atoms with Gasteiger partial charge in [0.25, 0.3) is 5.91 Å². The maximum absolute atomic E-state index is 11.9. The van der Waals surface area contributed by atoms with Crippen LogP contribution in [-0.4, -0.2) is 22.1 Å². The highest BCUT2D eigenvalue weighted by Gasteiger charge is 2.24. The van der Waals surface area contributed by atoms with E-state index in [1.165, 1.54) is 0 Å². The number of hydrogen-bond donors (Lipinski definition) is 1. The predicted molar refractivity (Wildman–Crippen MR) is 69.8 cm³/mol. The number of aromatic nitrogens is 2. The van der Waals surface area contributed by atoms with Gasteiger partial charge in [0.1, 0.15) is 5.88 Å². The molecule has 1 aromatic carbocycles. The Morgan fingerprint density at radius 1 is 1.47 bits per heavy atom. The van der Waals surface area contributed by atoms with Crippen LogP contribution >= 0.6 is 11.6 Å². The Hall–Kier alpha value is -1.88. The summed E-state index contributed by atoms with van der Waals surface area (Å²) in [5.74, 6) is 0.918. The number of carbonyl (C=O) groups excluding carboxylic acids is 1. The number of halogens is 1. The molecular weight excluding hydrogens is 266 g/mol. The molecule has 0 bridgehead atoms. The molecule has 1 aromatic heterocycles. The van der Waals surface area contributed by atoms with Gasteiger partial charge in [0, 0.05) is 17.2 Å². The third-order valence-electron chi connectivity index (χ3n) is 2.88. The summed E-state index contributed by atoms with van der Waals surface area (Å²) in [5.41, 5.74) is 1.34. The first-order chi connectivity index (χ1) is 9.26. The summed E-state index contributed by atoms with van der Waals surface area (Å²) < 4.78 is 4.95. The van der Waals surface area contributed by atoms with E-state index in [0.717, 1.165) is 18.4 Å². The lowest BCUT2D eigenvalue weighted by Gasteiger charge is -2.03. The molecule has 6 heteroatoms. The minimum absolute atomic E-state index is 0.0644. The Morgan fingerprint density at radius 3 is 3.00 bits per heavy atom. The molecule has 0 aliphatic heterocycles. The van der Waals surface area contributed by atoms with E-state index in [1.807, 2.05) is 6.07 Å². The Morgan fingerprint density at radius 2 is 2.32 bits per heavy atom. The number of benzene rings is 1. The van der Waals surface area contributed by atoms with Gasteiger partial charge in [0.05, 0.1) is 0 Å². The van der Waals surface area contributed by atoms with E-state index < -0.39 is 0 Å². The molecule has 1 heterocycles. The molecule has 3 rings (SSSR count). The zero-order valence-corrected chi connectivity index (χ0v) is 10.9. The van der Waals surface area contributed by atoms with Crippen molar-refractivity contribution in [2.24, 2.45) is 0 Å². The fraction of sp³-hybridized carbons (Fsp3) is 0.308. The second-order valence-electron chi connectivity index (χ2n) is 4.47. The average molecular weight is 278 g/mol. The van der Waals surface area contributed by atoms with Crippen LogP contribution in [0.5, 0.6) is 0 Å². The summed E-state index contributed by atoms with van der Waals surface area (Å²) in [4.78, 5) is 16.1. The quantitative estimate of drug-likeness (QED) is 0.871. The number of hydrogen-bond acceptors (Lipinski definition) is 4. The van der Waals surface area contributed by atoms with Gasteiger partial charge >= 0.3 is 0 Å². The van der Waals surface area contributed by atoms with Gasteiger partial charge in [0.15, 0.2) is 0 Å². The van der Waals surface area contributed by atoms with Gasteiger partial charge in [0.2, 0.25) is 11.7 Å². The van der Waals surface area contributed by atoms with Crippen molar-refractivity contribution in [3.05, 3.63) is 35.7 Å². The van der Waals surface area contributed by atoms with Crippen LogP contribution in [0, 0.1) is 0 Å². The summed E-state index contributed by atoms with van der Waals surface area (Å²) >= 11 is 5.61. The first kappa shape index (κ1) is 12.2. The van der Waals surface area contributed by atoms with Crippen LogP contribution in [0.3, 0.4) is 0 Å². The smallest absolute Gasteiger partial charge is 0.251 e. The summed E-state index contributed by atoms with van der Waals surface area (Å²) in [6.45, 7) is 0. The van der Waals surface area contributed by atoms with Crippen molar-refractivity contribution >= 4 is 17.5 Å². The number of nitrogens with one attached hydrogen (secondary N) is 1. The van der Waals surface area contributed by atoms with Crippen molar-refractivity contribution in [3.8, 4) is 11.4 Å². The van der Waals surface area contributed by atoms with E-state index in [-0.39, 0.29) is 11.8 Å². The van der Waals surface area contributed by atoms with Crippen LogP contribution in [0.1, 0.15) is 29.1 Å². The Kier molecular flexibility index (Phi) is 3.21. The SMILES string of the molecule is O=C(NC1CC1)c1cccc(-c2noc(CCl)n2)c1. The second-order valence-corrected chi connectivity index (χ2v) is 4.74. The Labute approximate surface area is 115 Å². The minimum atomic E-state index is -0.0644. The summed E-state index contributed by atoms with van der Waals surface area (Å²) in [7, 11) is 0. The van der Waals surface area contributed by atoms with Crippen LogP contribution in [0.4, 0.5) is 0 Å². The van der Waals surface area contributed by atoms with Crippen LogP contribution in [-0.2, 0) is 5.88 Å². The Balaban J connectivity index is 1.83. The molecular formula is C13H12ClN3O2. The van der Waals surface area contributed by atoms with E-state index in [1.54, 1.807) is 18.2 Å². The average Bonchev–Trinajstić information content (AvgIpc) is 3.12. The third kappa shape index (κ3) is 2.76. The molecule has 2 aromatic rings. The van der Waals surface area contributed by atoms with Crippen LogP contribution in [0.15, 0.2) is 28.8 Å². The third-order valence-corrected chi connectivity index (χ3v) is 3.11. The van der Waals surface area contributed by atoms with Crippen molar-refractivity contribution in [2.75, 3.05) is 0 Å². The highest BCUT2D eigenvalue weighted by molar-refractivity contribution is 6.16. The largest absolute Gasteiger partial charge is 0.349 e. The highest BCUT2D eigenvalue weighted by Crippen LogP contribution is 2.21. The molecule has 1 fully saturated rings. The van der Waals surface area contributed by atoms with Gasteiger partial charge in [-0.05, 0) is 25.0 Å². The molecule has 0 radical (unpaired) electrons. The molecule has 1 amide bonds. The molecule has 0 atom stereocenters. The first-order valence-electron chi connectivity index (χ1n) is 6.06. The summed E-state index contributed by atoms with van der Waals surface area (Å²) in [5, 5.41) is 6.77. The van der Waals surface area contributed by atoms with Gasteiger partial charge in [-0.15, -0.1) is 11.6 Å². The fourth-order valence-corrected chi connectivity index (χ4v) is 1.83. The summed E-state index contributed by atoms with van der Waals surface area (Å²) in [6, 6.07) is 7.49. The lowest BCUT2D eigenvalue weighted by molar-refractivity contribution is 0.0951. The molecule has 1 N–H and O–H groups in total. The van der Waals surface area contributed by atoms with Crippen molar-refractivity contribution < 1.29 is 9.32 Å². The molecule has 0 unspecified atom stereocenters. The number of nitrogens with zero attached hydrogens (tertiary/aromatic N) is 2. The number of alkyl halides is 1. The predicted octanol–water partition coefficient (Wildman–Crippen LogP) is 2.37. The molecule has 0 spiro atoms. The maximum atomic E-state index is 11.9. The zero-order valence-electron chi connectivity index (χ0n) is 10.1. The minimum Gasteiger partial charge on any atom is -0.349 e. The van der Waals surface area contributed by atoms with Crippen LogP contribution in [0.25, 0.3) is 11.4 Å². The normalized spacial score (nSPS) is 14.4. The molecule has 19 heavy (non-hydrogen) atoms. The van der Waals surface area contributed by atoms with Gasteiger partial charge in [-0.3, -0.25) is 4.79 Å². The highest BCUT2D eigenvalue weighted by atomic mass is 35.5. The van der Waals surface area contributed by atoms with Crippen LogP contribution < -0.4 is 5.32 Å². The zero-order chi connectivity index (χ0) is 13.2. The molecule has 5 nitrogen and oxygen atoms in total. The number of rotatable bonds is 4. The molecule has 1 aliphatic carbocycles.